The molecule has 2 aliphatic rings. The van der Waals surface area contributed by atoms with Gasteiger partial charge in [-0.15, -0.1) is 0 Å². The summed E-state index contributed by atoms with van der Waals surface area (Å²) in [6.45, 7) is 2.78. The SMILES string of the molecule is O=C(NCCC1CCCCCC1)N1CCCCC1. The Morgan fingerprint density at radius 2 is 1.56 bits per heavy atom. The quantitative estimate of drug-likeness (QED) is 0.766. The minimum atomic E-state index is 0.170. The van der Waals surface area contributed by atoms with E-state index in [1.165, 1.54) is 64.2 Å². The summed E-state index contributed by atoms with van der Waals surface area (Å²) in [5.41, 5.74) is 0. The highest BCUT2D eigenvalue weighted by molar-refractivity contribution is 5.74. The van der Waals surface area contributed by atoms with Crippen LogP contribution in [0, 0.1) is 5.92 Å². The van der Waals surface area contributed by atoms with Gasteiger partial charge in [0.1, 0.15) is 0 Å². The van der Waals surface area contributed by atoms with Crippen LogP contribution in [0.15, 0.2) is 0 Å². The number of rotatable bonds is 3. The lowest BCUT2D eigenvalue weighted by atomic mass is 9.97. The van der Waals surface area contributed by atoms with E-state index in [-0.39, 0.29) is 6.03 Å². The van der Waals surface area contributed by atoms with E-state index in [0.717, 1.165) is 25.6 Å². The molecule has 0 radical (unpaired) electrons. The van der Waals surface area contributed by atoms with Crippen LogP contribution in [0.4, 0.5) is 4.79 Å². The second kappa shape index (κ2) is 7.65. The number of nitrogens with zero attached hydrogens (tertiary/aromatic N) is 1. The number of hydrogen-bond donors (Lipinski definition) is 1. The molecule has 1 heterocycles. The van der Waals surface area contributed by atoms with Crippen LogP contribution >= 0.6 is 0 Å². The van der Waals surface area contributed by atoms with Gasteiger partial charge in [0, 0.05) is 19.6 Å². The van der Waals surface area contributed by atoms with Crippen molar-refractivity contribution in [3.05, 3.63) is 0 Å². The fourth-order valence-corrected chi connectivity index (χ4v) is 3.24. The van der Waals surface area contributed by atoms with Crippen molar-refractivity contribution >= 4 is 6.03 Å². The molecule has 0 bridgehead atoms. The first kappa shape index (κ1) is 13.7. The zero-order valence-electron chi connectivity index (χ0n) is 11.6. The van der Waals surface area contributed by atoms with E-state index in [9.17, 15) is 4.79 Å². The van der Waals surface area contributed by atoms with Gasteiger partial charge in [-0.2, -0.15) is 0 Å². The molecule has 0 atom stereocenters. The molecule has 0 aromatic heterocycles. The third kappa shape index (κ3) is 4.51. The van der Waals surface area contributed by atoms with Crippen LogP contribution < -0.4 is 5.32 Å². The Labute approximate surface area is 111 Å². The normalized spacial score (nSPS) is 22.6. The van der Waals surface area contributed by atoms with Crippen LogP contribution in [0.1, 0.15) is 64.2 Å². The van der Waals surface area contributed by atoms with Gasteiger partial charge in [-0.25, -0.2) is 4.79 Å². The van der Waals surface area contributed by atoms with E-state index in [1.54, 1.807) is 0 Å². The molecule has 0 unspecified atom stereocenters. The largest absolute Gasteiger partial charge is 0.338 e. The van der Waals surface area contributed by atoms with Gasteiger partial charge in [-0.05, 0) is 31.6 Å². The highest BCUT2D eigenvalue weighted by Gasteiger charge is 2.17. The Hall–Kier alpha value is -0.730. The van der Waals surface area contributed by atoms with Crippen molar-refractivity contribution in [1.29, 1.82) is 0 Å². The van der Waals surface area contributed by atoms with Crippen LogP contribution in [0.2, 0.25) is 0 Å². The maximum absolute atomic E-state index is 11.9. The van der Waals surface area contributed by atoms with E-state index in [2.05, 4.69) is 5.32 Å². The van der Waals surface area contributed by atoms with Gasteiger partial charge in [0.2, 0.25) is 0 Å². The Bertz CT molecular complexity index is 241. The molecule has 0 aromatic rings. The van der Waals surface area contributed by atoms with Crippen molar-refractivity contribution in [2.24, 2.45) is 5.92 Å². The molecule has 1 aliphatic carbocycles. The molecular formula is C15H28N2O. The Morgan fingerprint density at radius 1 is 0.944 bits per heavy atom. The summed E-state index contributed by atoms with van der Waals surface area (Å²) in [4.78, 5) is 13.9. The van der Waals surface area contributed by atoms with E-state index in [1.807, 2.05) is 4.90 Å². The lowest BCUT2D eigenvalue weighted by Gasteiger charge is -2.27. The molecule has 1 aliphatic heterocycles. The zero-order chi connectivity index (χ0) is 12.6. The lowest BCUT2D eigenvalue weighted by Crippen LogP contribution is -2.43. The fourth-order valence-electron chi connectivity index (χ4n) is 3.24. The standard InChI is InChI=1S/C15H28N2O/c18-15(17-12-6-3-7-13-17)16-11-10-14-8-4-1-2-5-9-14/h14H,1-13H2,(H,16,18). The van der Waals surface area contributed by atoms with Crippen LogP contribution in [-0.4, -0.2) is 30.6 Å². The maximum atomic E-state index is 11.9. The number of urea groups is 1. The number of carbonyl (C=O) groups excluding carboxylic acids is 1. The number of hydrogen-bond acceptors (Lipinski definition) is 1. The van der Waals surface area contributed by atoms with Crippen LogP contribution in [0.25, 0.3) is 0 Å². The third-order valence-corrected chi connectivity index (χ3v) is 4.45. The summed E-state index contributed by atoms with van der Waals surface area (Å²) in [7, 11) is 0. The lowest BCUT2D eigenvalue weighted by molar-refractivity contribution is 0.185. The van der Waals surface area contributed by atoms with E-state index < -0.39 is 0 Å². The first-order chi connectivity index (χ1) is 8.86. The minimum absolute atomic E-state index is 0.170. The number of piperidine rings is 1. The second-order valence-electron chi connectivity index (χ2n) is 5.93. The number of likely N-dealkylation sites (tertiary alicyclic amines) is 1. The summed E-state index contributed by atoms with van der Waals surface area (Å²) in [5.74, 6) is 0.856. The van der Waals surface area contributed by atoms with Gasteiger partial charge in [-0.3, -0.25) is 0 Å². The van der Waals surface area contributed by atoms with Gasteiger partial charge in [-0.1, -0.05) is 38.5 Å². The van der Waals surface area contributed by atoms with Crippen molar-refractivity contribution in [2.75, 3.05) is 19.6 Å². The van der Waals surface area contributed by atoms with Crippen LogP contribution in [-0.2, 0) is 0 Å². The Morgan fingerprint density at radius 3 is 2.22 bits per heavy atom. The van der Waals surface area contributed by atoms with Gasteiger partial charge in [0.25, 0.3) is 0 Å². The molecule has 0 spiro atoms. The predicted molar refractivity (Wildman–Crippen MR) is 74.6 cm³/mol. The van der Waals surface area contributed by atoms with E-state index in [0.29, 0.717) is 0 Å². The summed E-state index contributed by atoms with van der Waals surface area (Å²) in [6, 6.07) is 0.170. The van der Waals surface area contributed by atoms with Gasteiger partial charge < -0.3 is 10.2 Å². The molecule has 1 saturated carbocycles. The molecule has 1 N–H and O–H groups in total. The van der Waals surface area contributed by atoms with Gasteiger partial charge in [0.05, 0.1) is 0 Å². The molecule has 0 aromatic carbocycles. The van der Waals surface area contributed by atoms with Crippen LogP contribution in [0.5, 0.6) is 0 Å². The molecule has 2 amide bonds. The fraction of sp³-hybridized carbons (Fsp3) is 0.933. The average Bonchev–Trinajstić information content (AvgIpc) is 2.68. The summed E-state index contributed by atoms with van der Waals surface area (Å²) >= 11 is 0. The summed E-state index contributed by atoms with van der Waals surface area (Å²) in [6.07, 6.45) is 13.2. The van der Waals surface area contributed by atoms with Crippen molar-refractivity contribution < 1.29 is 4.79 Å². The first-order valence-corrected chi connectivity index (χ1v) is 7.89. The number of nitrogens with one attached hydrogen (secondary N) is 1. The van der Waals surface area contributed by atoms with Crippen molar-refractivity contribution in [1.82, 2.24) is 10.2 Å². The molecule has 1 saturated heterocycles. The summed E-state index contributed by atoms with van der Waals surface area (Å²) < 4.78 is 0. The highest BCUT2D eigenvalue weighted by atomic mass is 16.2. The number of amides is 2. The zero-order valence-corrected chi connectivity index (χ0v) is 11.6. The smallest absolute Gasteiger partial charge is 0.317 e. The first-order valence-electron chi connectivity index (χ1n) is 7.89. The summed E-state index contributed by atoms with van der Waals surface area (Å²) in [5, 5.41) is 3.11. The van der Waals surface area contributed by atoms with Crippen LogP contribution in [0.3, 0.4) is 0 Å². The van der Waals surface area contributed by atoms with Gasteiger partial charge in [0.15, 0.2) is 0 Å². The second-order valence-corrected chi connectivity index (χ2v) is 5.93. The van der Waals surface area contributed by atoms with Crippen molar-refractivity contribution in [3.8, 4) is 0 Å². The predicted octanol–water partition coefficient (Wildman–Crippen LogP) is 3.54. The maximum Gasteiger partial charge on any atom is 0.317 e. The van der Waals surface area contributed by atoms with E-state index in [4.69, 9.17) is 0 Å². The van der Waals surface area contributed by atoms with Crippen molar-refractivity contribution in [3.63, 3.8) is 0 Å². The van der Waals surface area contributed by atoms with Crippen molar-refractivity contribution in [2.45, 2.75) is 64.2 Å². The molecule has 3 nitrogen and oxygen atoms in total. The molecule has 3 heteroatoms. The molecule has 2 fully saturated rings. The molecule has 18 heavy (non-hydrogen) atoms. The number of carbonyl (C=O) groups is 1. The Balaban J connectivity index is 1.60. The molecular weight excluding hydrogens is 224 g/mol. The monoisotopic (exact) mass is 252 g/mol. The Kier molecular flexibility index (Phi) is 5.82. The minimum Gasteiger partial charge on any atom is -0.338 e. The average molecular weight is 252 g/mol. The van der Waals surface area contributed by atoms with E-state index >= 15 is 0 Å². The molecule has 104 valence electrons. The third-order valence-electron chi connectivity index (χ3n) is 4.45. The van der Waals surface area contributed by atoms with Gasteiger partial charge >= 0.3 is 6.03 Å². The molecule has 2 rings (SSSR count). The topological polar surface area (TPSA) is 32.3 Å². The highest BCUT2D eigenvalue weighted by Crippen LogP contribution is 2.24.